The van der Waals surface area contributed by atoms with Gasteiger partial charge in [0.15, 0.2) is 0 Å². The van der Waals surface area contributed by atoms with E-state index in [1.54, 1.807) is 12.1 Å². The topological polar surface area (TPSA) is 54.4 Å². The normalized spacial score (nSPS) is 9.86. The second-order valence-electron chi connectivity index (χ2n) is 3.15. The Morgan fingerprint density at radius 2 is 2.00 bits per heavy atom. The lowest BCUT2D eigenvalue weighted by atomic mass is 9.99. The van der Waals surface area contributed by atoms with Crippen molar-refractivity contribution in [3.63, 3.8) is 0 Å². The molecule has 0 aliphatic carbocycles. The predicted molar refractivity (Wildman–Crippen MR) is 52.5 cm³/mol. The number of hydrogen-bond acceptors (Lipinski definition) is 2. The van der Waals surface area contributed by atoms with Gasteiger partial charge in [0.2, 0.25) is 0 Å². The molecule has 0 amide bonds. The lowest BCUT2D eigenvalue weighted by molar-refractivity contribution is -0.131. The number of carbonyl (C=O) groups is 2. The largest absolute Gasteiger partial charge is 0.475 e. The zero-order valence-corrected chi connectivity index (χ0v) is 8.20. The molecule has 0 unspecified atom stereocenters. The number of carboxylic acids is 1. The van der Waals surface area contributed by atoms with E-state index >= 15 is 0 Å². The zero-order chi connectivity index (χ0) is 10.7. The first kappa shape index (κ1) is 10.4. The third kappa shape index (κ3) is 1.99. The standard InChI is InChI=1S/C11H12O3/c1-3-8-5-4-7(2)6-9(8)10(12)11(13)14/h4-6H,3H2,1-2H3,(H,13,14). The minimum atomic E-state index is -1.40. The summed E-state index contributed by atoms with van der Waals surface area (Å²) >= 11 is 0. The van der Waals surface area contributed by atoms with Gasteiger partial charge in [0.05, 0.1) is 0 Å². The number of benzene rings is 1. The SMILES string of the molecule is CCc1ccc(C)cc1C(=O)C(=O)O. The highest BCUT2D eigenvalue weighted by Crippen LogP contribution is 2.13. The first-order chi connectivity index (χ1) is 6.56. The smallest absolute Gasteiger partial charge is 0.377 e. The number of hydrogen-bond donors (Lipinski definition) is 1. The number of aliphatic carboxylic acids is 1. The summed E-state index contributed by atoms with van der Waals surface area (Å²) < 4.78 is 0. The molecule has 0 atom stereocenters. The molecule has 14 heavy (non-hydrogen) atoms. The summed E-state index contributed by atoms with van der Waals surface area (Å²) in [5, 5.41) is 8.60. The fourth-order valence-electron chi connectivity index (χ4n) is 1.33. The van der Waals surface area contributed by atoms with E-state index in [2.05, 4.69) is 0 Å². The van der Waals surface area contributed by atoms with E-state index in [1.165, 1.54) is 0 Å². The van der Waals surface area contributed by atoms with Crippen LogP contribution in [0.2, 0.25) is 0 Å². The minimum Gasteiger partial charge on any atom is -0.475 e. The molecular weight excluding hydrogens is 180 g/mol. The Kier molecular flexibility index (Phi) is 3.02. The molecule has 74 valence electrons. The molecule has 0 heterocycles. The Hall–Kier alpha value is -1.64. The fraction of sp³-hybridized carbons (Fsp3) is 0.273. The van der Waals surface area contributed by atoms with Crippen LogP contribution in [-0.4, -0.2) is 16.9 Å². The highest BCUT2D eigenvalue weighted by Gasteiger charge is 2.17. The quantitative estimate of drug-likeness (QED) is 0.587. The molecular formula is C11H12O3. The highest BCUT2D eigenvalue weighted by molar-refractivity contribution is 6.40. The van der Waals surface area contributed by atoms with Crippen LogP contribution in [0.1, 0.15) is 28.4 Å². The molecule has 1 aromatic rings. The second kappa shape index (κ2) is 4.05. The van der Waals surface area contributed by atoms with Gasteiger partial charge in [-0.2, -0.15) is 0 Å². The molecule has 0 saturated carbocycles. The molecule has 1 rings (SSSR count). The Balaban J connectivity index is 3.23. The minimum absolute atomic E-state index is 0.306. The molecule has 1 aromatic carbocycles. The Morgan fingerprint density at radius 3 is 2.50 bits per heavy atom. The van der Waals surface area contributed by atoms with Gasteiger partial charge < -0.3 is 5.11 Å². The highest BCUT2D eigenvalue weighted by atomic mass is 16.4. The number of carbonyl (C=O) groups excluding carboxylic acids is 1. The second-order valence-corrected chi connectivity index (χ2v) is 3.15. The van der Waals surface area contributed by atoms with Crippen molar-refractivity contribution in [3.8, 4) is 0 Å². The van der Waals surface area contributed by atoms with Gasteiger partial charge in [-0.15, -0.1) is 0 Å². The monoisotopic (exact) mass is 192 g/mol. The van der Waals surface area contributed by atoms with Crippen LogP contribution in [0.25, 0.3) is 0 Å². The number of rotatable bonds is 3. The van der Waals surface area contributed by atoms with E-state index in [9.17, 15) is 9.59 Å². The van der Waals surface area contributed by atoms with Gasteiger partial charge in [-0.05, 0) is 25.0 Å². The van der Waals surface area contributed by atoms with Gasteiger partial charge in [-0.3, -0.25) is 4.79 Å². The van der Waals surface area contributed by atoms with Gasteiger partial charge in [0.1, 0.15) is 0 Å². The molecule has 0 saturated heterocycles. The average molecular weight is 192 g/mol. The Labute approximate surface area is 82.4 Å². The molecule has 0 aliphatic heterocycles. The van der Waals surface area contributed by atoms with Crippen LogP contribution >= 0.6 is 0 Å². The average Bonchev–Trinajstić information content (AvgIpc) is 2.16. The van der Waals surface area contributed by atoms with Gasteiger partial charge in [0.25, 0.3) is 5.78 Å². The first-order valence-electron chi connectivity index (χ1n) is 4.43. The third-order valence-corrected chi connectivity index (χ3v) is 2.09. The van der Waals surface area contributed by atoms with Gasteiger partial charge in [-0.25, -0.2) is 4.79 Å². The van der Waals surface area contributed by atoms with Gasteiger partial charge in [-0.1, -0.05) is 24.6 Å². The van der Waals surface area contributed by atoms with Crippen LogP contribution in [0.5, 0.6) is 0 Å². The van der Waals surface area contributed by atoms with Crippen molar-refractivity contribution in [1.29, 1.82) is 0 Å². The molecule has 0 fully saturated rings. The molecule has 3 heteroatoms. The summed E-state index contributed by atoms with van der Waals surface area (Å²) in [5.74, 6) is -2.23. The van der Waals surface area contributed by atoms with Crippen LogP contribution in [0.15, 0.2) is 18.2 Å². The zero-order valence-electron chi connectivity index (χ0n) is 8.20. The molecule has 0 aromatic heterocycles. The molecule has 0 bridgehead atoms. The van der Waals surface area contributed by atoms with E-state index in [0.29, 0.717) is 12.0 Å². The predicted octanol–water partition coefficient (Wildman–Crippen LogP) is 1.82. The summed E-state index contributed by atoms with van der Waals surface area (Å²) in [5.41, 5.74) is 1.98. The van der Waals surface area contributed by atoms with E-state index < -0.39 is 11.8 Å². The maximum Gasteiger partial charge on any atom is 0.377 e. The molecule has 0 aliphatic rings. The van der Waals surface area contributed by atoms with Crippen LogP contribution in [0.3, 0.4) is 0 Å². The van der Waals surface area contributed by atoms with E-state index in [4.69, 9.17) is 5.11 Å². The van der Waals surface area contributed by atoms with E-state index in [1.807, 2.05) is 19.9 Å². The fourth-order valence-corrected chi connectivity index (χ4v) is 1.33. The molecule has 1 N–H and O–H groups in total. The van der Waals surface area contributed by atoms with Crippen molar-refractivity contribution >= 4 is 11.8 Å². The summed E-state index contributed by atoms with van der Waals surface area (Å²) in [6.07, 6.45) is 0.661. The van der Waals surface area contributed by atoms with Crippen molar-refractivity contribution in [2.24, 2.45) is 0 Å². The van der Waals surface area contributed by atoms with Crippen LogP contribution < -0.4 is 0 Å². The third-order valence-electron chi connectivity index (χ3n) is 2.09. The maximum atomic E-state index is 11.3. The first-order valence-corrected chi connectivity index (χ1v) is 4.43. The molecule has 3 nitrogen and oxygen atoms in total. The van der Waals surface area contributed by atoms with Crippen molar-refractivity contribution < 1.29 is 14.7 Å². The Morgan fingerprint density at radius 1 is 1.36 bits per heavy atom. The molecule has 0 radical (unpaired) electrons. The lowest BCUT2D eigenvalue weighted by Gasteiger charge is -2.04. The summed E-state index contributed by atoms with van der Waals surface area (Å²) in [4.78, 5) is 21.8. The van der Waals surface area contributed by atoms with Crippen LogP contribution in [-0.2, 0) is 11.2 Å². The van der Waals surface area contributed by atoms with E-state index in [-0.39, 0.29) is 0 Å². The number of aryl methyl sites for hydroxylation is 2. The number of carboxylic acid groups (broad SMARTS) is 1. The van der Waals surface area contributed by atoms with Crippen LogP contribution in [0, 0.1) is 6.92 Å². The summed E-state index contributed by atoms with van der Waals surface area (Å²) in [6, 6.07) is 5.29. The summed E-state index contributed by atoms with van der Waals surface area (Å²) in [7, 11) is 0. The van der Waals surface area contributed by atoms with Crippen molar-refractivity contribution in [3.05, 3.63) is 34.9 Å². The Bertz CT molecular complexity index is 380. The molecule has 0 spiro atoms. The lowest BCUT2D eigenvalue weighted by Crippen LogP contribution is -2.14. The van der Waals surface area contributed by atoms with Gasteiger partial charge >= 0.3 is 5.97 Å². The summed E-state index contributed by atoms with van der Waals surface area (Å²) in [6.45, 7) is 3.72. The van der Waals surface area contributed by atoms with Crippen LogP contribution in [0.4, 0.5) is 0 Å². The van der Waals surface area contributed by atoms with E-state index in [0.717, 1.165) is 11.1 Å². The maximum absolute atomic E-state index is 11.3. The van der Waals surface area contributed by atoms with Crippen molar-refractivity contribution in [2.75, 3.05) is 0 Å². The van der Waals surface area contributed by atoms with Crippen molar-refractivity contribution in [2.45, 2.75) is 20.3 Å². The van der Waals surface area contributed by atoms with Gasteiger partial charge in [0, 0.05) is 5.56 Å². The number of Topliss-reactive ketones (excluding diaryl/α,β-unsaturated/α-hetero) is 1. The number of ketones is 1. The van der Waals surface area contributed by atoms with Crippen molar-refractivity contribution in [1.82, 2.24) is 0 Å².